The minimum absolute atomic E-state index is 0.508. The van der Waals surface area contributed by atoms with Gasteiger partial charge in [-0.2, -0.15) is 0 Å². The van der Waals surface area contributed by atoms with Gasteiger partial charge in [-0.05, 0) is 36.1 Å². The Morgan fingerprint density at radius 1 is 1.16 bits per heavy atom. The molecule has 106 valence electrons. The SMILES string of the molecule is CC(C)CNCC(=Cc1ccc(Cl)c(Cl)c1)C(C)C. The van der Waals surface area contributed by atoms with Gasteiger partial charge in [-0.1, -0.05) is 68.6 Å². The van der Waals surface area contributed by atoms with E-state index in [1.165, 1.54) is 5.57 Å². The second-order valence-corrected chi connectivity index (χ2v) is 6.39. The lowest BCUT2D eigenvalue weighted by Crippen LogP contribution is -2.23. The fourth-order valence-electron chi connectivity index (χ4n) is 1.74. The van der Waals surface area contributed by atoms with Crippen LogP contribution in [0.5, 0.6) is 0 Å². The lowest BCUT2D eigenvalue weighted by Gasteiger charge is -2.14. The van der Waals surface area contributed by atoms with Crippen LogP contribution in [0.15, 0.2) is 23.8 Å². The predicted octanol–water partition coefficient (Wildman–Crippen LogP) is 5.28. The van der Waals surface area contributed by atoms with Crippen LogP contribution in [0.4, 0.5) is 0 Å². The highest BCUT2D eigenvalue weighted by Gasteiger charge is 2.05. The van der Waals surface area contributed by atoms with Gasteiger partial charge in [0.15, 0.2) is 0 Å². The molecule has 19 heavy (non-hydrogen) atoms. The number of halogens is 2. The van der Waals surface area contributed by atoms with Gasteiger partial charge in [0, 0.05) is 6.54 Å². The van der Waals surface area contributed by atoms with Gasteiger partial charge in [0.25, 0.3) is 0 Å². The monoisotopic (exact) mass is 299 g/mol. The van der Waals surface area contributed by atoms with E-state index in [9.17, 15) is 0 Å². The van der Waals surface area contributed by atoms with E-state index in [0.29, 0.717) is 21.9 Å². The van der Waals surface area contributed by atoms with Crippen molar-refractivity contribution < 1.29 is 0 Å². The van der Waals surface area contributed by atoms with E-state index in [4.69, 9.17) is 23.2 Å². The summed E-state index contributed by atoms with van der Waals surface area (Å²) in [5.74, 6) is 1.17. The van der Waals surface area contributed by atoms with Crippen molar-refractivity contribution >= 4 is 29.3 Å². The maximum Gasteiger partial charge on any atom is 0.0598 e. The van der Waals surface area contributed by atoms with Gasteiger partial charge in [0.1, 0.15) is 0 Å². The van der Waals surface area contributed by atoms with Crippen LogP contribution in [0.25, 0.3) is 6.08 Å². The Balaban J connectivity index is 2.79. The topological polar surface area (TPSA) is 12.0 Å². The highest BCUT2D eigenvalue weighted by atomic mass is 35.5. The molecule has 0 radical (unpaired) electrons. The minimum Gasteiger partial charge on any atom is -0.313 e. The fraction of sp³-hybridized carbons (Fsp3) is 0.500. The van der Waals surface area contributed by atoms with E-state index in [1.54, 1.807) is 0 Å². The van der Waals surface area contributed by atoms with E-state index in [1.807, 2.05) is 18.2 Å². The van der Waals surface area contributed by atoms with E-state index in [-0.39, 0.29) is 0 Å². The van der Waals surface area contributed by atoms with E-state index >= 15 is 0 Å². The molecular formula is C16H23Cl2N. The molecule has 3 heteroatoms. The fourth-order valence-corrected chi connectivity index (χ4v) is 2.05. The van der Waals surface area contributed by atoms with Gasteiger partial charge >= 0.3 is 0 Å². The molecule has 0 aliphatic rings. The molecular weight excluding hydrogens is 277 g/mol. The molecule has 0 atom stereocenters. The summed E-state index contributed by atoms with van der Waals surface area (Å²) in [4.78, 5) is 0. The quantitative estimate of drug-likeness (QED) is 0.754. The highest BCUT2D eigenvalue weighted by molar-refractivity contribution is 6.42. The van der Waals surface area contributed by atoms with Crippen molar-refractivity contribution in [3.8, 4) is 0 Å². The second-order valence-electron chi connectivity index (χ2n) is 5.57. The van der Waals surface area contributed by atoms with Crippen LogP contribution >= 0.6 is 23.2 Å². The first-order valence-corrected chi connectivity index (χ1v) is 7.52. The standard InChI is InChI=1S/C16H23Cl2N/c1-11(2)9-19-10-14(12(3)4)7-13-5-6-15(17)16(18)8-13/h5-8,11-12,19H,9-10H2,1-4H3. The molecule has 1 aromatic carbocycles. The lowest BCUT2D eigenvalue weighted by molar-refractivity contribution is 0.558. The van der Waals surface area contributed by atoms with Crippen molar-refractivity contribution in [2.75, 3.05) is 13.1 Å². The molecule has 0 amide bonds. The van der Waals surface area contributed by atoms with Gasteiger partial charge < -0.3 is 5.32 Å². The molecule has 1 N–H and O–H groups in total. The summed E-state index contributed by atoms with van der Waals surface area (Å²) in [5, 5.41) is 4.69. The molecule has 0 bridgehead atoms. The van der Waals surface area contributed by atoms with E-state index in [0.717, 1.165) is 18.7 Å². The van der Waals surface area contributed by atoms with Crippen molar-refractivity contribution in [1.82, 2.24) is 5.32 Å². The predicted molar refractivity (Wildman–Crippen MR) is 87.0 cm³/mol. The zero-order valence-electron chi connectivity index (χ0n) is 12.1. The first kappa shape index (κ1) is 16.6. The summed E-state index contributed by atoms with van der Waals surface area (Å²) < 4.78 is 0. The molecule has 1 nitrogen and oxygen atoms in total. The average molecular weight is 300 g/mol. The summed E-state index contributed by atoms with van der Waals surface area (Å²) in [6, 6.07) is 5.75. The first-order valence-electron chi connectivity index (χ1n) is 6.76. The van der Waals surface area contributed by atoms with Gasteiger partial charge in [-0.3, -0.25) is 0 Å². The van der Waals surface area contributed by atoms with Crippen LogP contribution in [0.3, 0.4) is 0 Å². The Morgan fingerprint density at radius 2 is 1.84 bits per heavy atom. The third-order valence-corrected chi connectivity index (χ3v) is 3.66. The molecule has 0 heterocycles. The van der Waals surface area contributed by atoms with Crippen LogP contribution < -0.4 is 5.32 Å². The Morgan fingerprint density at radius 3 is 2.37 bits per heavy atom. The van der Waals surface area contributed by atoms with E-state index < -0.39 is 0 Å². The number of hydrogen-bond donors (Lipinski definition) is 1. The maximum atomic E-state index is 6.05. The normalized spacial score (nSPS) is 12.5. The second kappa shape index (κ2) is 7.94. The van der Waals surface area contributed by atoms with E-state index in [2.05, 4.69) is 39.1 Å². The molecule has 0 aliphatic heterocycles. The third kappa shape index (κ3) is 5.99. The van der Waals surface area contributed by atoms with Crippen molar-refractivity contribution in [2.24, 2.45) is 11.8 Å². The van der Waals surface area contributed by atoms with Crippen LogP contribution in [-0.2, 0) is 0 Å². The lowest BCUT2D eigenvalue weighted by atomic mass is 10.00. The van der Waals surface area contributed by atoms with Gasteiger partial charge in [-0.25, -0.2) is 0 Å². The summed E-state index contributed by atoms with van der Waals surface area (Å²) in [6.45, 7) is 10.8. The van der Waals surface area contributed by atoms with Crippen molar-refractivity contribution in [3.05, 3.63) is 39.4 Å². The van der Waals surface area contributed by atoms with Gasteiger partial charge in [-0.15, -0.1) is 0 Å². The summed E-state index contributed by atoms with van der Waals surface area (Å²) in [5.41, 5.74) is 2.48. The number of hydrogen-bond acceptors (Lipinski definition) is 1. The minimum atomic E-state index is 0.508. The molecule has 0 spiro atoms. The zero-order chi connectivity index (χ0) is 14.4. The largest absolute Gasteiger partial charge is 0.313 e. The Hall–Kier alpha value is -0.500. The third-order valence-electron chi connectivity index (χ3n) is 2.92. The highest BCUT2D eigenvalue weighted by Crippen LogP contribution is 2.24. The molecule has 0 saturated carbocycles. The smallest absolute Gasteiger partial charge is 0.0598 e. The first-order chi connectivity index (χ1) is 8.90. The number of benzene rings is 1. The van der Waals surface area contributed by atoms with Crippen molar-refractivity contribution in [3.63, 3.8) is 0 Å². The number of nitrogens with one attached hydrogen (secondary N) is 1. The summed E-state index contributed by atoms with van der Waals surface area (Å²) in [7, 11) is 0. The van der Waals surface area contributed by atoms with Gasteiger partial charge in [0.2, 0.25) is 0 Å². The Bertz CT molecular complexity index is 436. The van der Waals surface area contributed by atoms with Crippen LogP contribution in [-0.4, -0.2) is 13.1 Å². The van der Waals surface area contributed by atoms with Crippen LogP contribution in [0, 0.1) is 11.8 Å². The summed E-state index contributed by atoms with van der Waals surface area (Å²) in [6.07, 6.45) is 2.19. The van der Waals surface area contributed by atoms with Gasteiger partial charge in [0.05, 0.1) is 10.0 Å². The zero-order valence-corrected chi connectivity index (χ0v) is 13.6. The van der Waals surface area contributed by atoms with Crippen molar-refractivity contribution in [2.45, 2.75) is 27.7 Å². The van der Waals surface area contributed by atoms with Crippen LogP contribution in [0.1, 0.15) is 33.3 Å². The van der Waals surface area contributed by atoms with Crippen LogP contribution in [0.2, 0.25) is 10.0 Å². The Kier molecular flexibility index (Phi) is 6.92. The van der Waals surface area contributed by atoms with Crippen molar-refractivity contribution in [1.29, 1.82) is 0 Å². The molecule has 0 saturated heterocycles. The molecule has 0 fully saturated rings. The summed E-state index contributed by atoms with van der Waals surface area (Å²) >= 11 is 12.0. The molecule has 1 aromatic rings. The molecule has 0 unspecified atom stereocenters. The Labute approximate surface area is 127 Å². The maximum absolute atomic E-state index is 6.05. The molecule has 0 aliphatic carbocycles. The molecule has 0 aromatic heterocycles. The molecule has 1 rings (SSSR count). The average Bonchev–Trinajstić information content (AvgIpc) is 2.32. The number of rotatable bonds is 6.